The van der Waals surface area contributed by atoms with Crippen LogP contribution >= 0.6 is 0 Å². The van der Waals surface area contributed by atoms with E-state index in [0.717, 1.165) is 13.1 Å². The third-order valence-corrected chi connectivity index (χ3v) is 4.25. The zero-order chi connectivity index (χ0) is 20.6. The van der Waals surface area contributed by atoms with Gasteiger partial charge in [0.25, 0.3) is 0 Å². The molecule has 0 unspecified atom stereocenters. The van der Waals surface area contributed by atoms with E-state index in [1.807, 2.05) is 41.5 Å². The molecule has 3 heterocycles. The minimum absolute atomic E-state index is 1.16. The summed E-state index contributed by atoms with van der Waals surface area (Å²) in [5.41, 5.74) is 0. The van der Waals surface area contributed by atoms with Crippen LogP contribution in [-0.4, -0.2) is 88.2 Å². The van der Waals surface area contributed by atoms with Crippen molar-refractivity contribution in [1.82, 2.24) is 20.0 Å². The Bertz CT molecular complexity index is 190. The first-order chi connectivity index (χ1) is 12.7. The molecule has 3 aliphatic rings. The van der Waals surface area contributed by atoms with Crippen LogP contribution in [0.25, 0.3) is 0 Å². The summed E-state index contributed by atoms with van der Waals surface area (Å²) in [5.74, 6) is 0. The zero-order valence-corrected chi connectivity index (χ0v) is 20.0. The van der Waals surface area contributed by atoms with Gasteiger partial charge in [-0.1, -0.05) is 48.0 Å². The summed E-state index contributed by atoms with van der Waals surface area (Å²) in [6.45, 7) is 22.0. The maximum Gasteiger partial charge on any atom is 0.0104 e. The van der Waals surface area contributed by atoms with Gasteiger partial charge in [-0.15, -0.1) is 0 Å². The fourth-order valence-electron chi connectivity index (χ4n) is 2.70. The van der Waals surface area contributed by atoms with Crippen LogP contribution in [0.2, 0.25) is 0 Å². The molecule has 3 aliphatic heterocycles. The fraction of sp³-hybridized carbons (Fsp3) is 1.00. The van der Waals surface area contributed by atoms with E-state index in [4.69, 9.17) is 0 Å². The topological polar surface area (TPSA) is 21.8 Å². The normalized spacial score (nSPS) is 20.2. The maximum atomic E-state index is 3.27. The van der Waals surface area contributed by atoms with E-state index in [1.54, 1.807) is 0 Å². The van der Waals surface area contributed by atoms with Crippen LogP contribution in [0.3, 0.4) is 0 Å². The molecule has 26 heavy (non-hydrogen) atoms. The molecule has 0 aliphatic carbocycles. The predicted octanol–water partition coefficient (Wildman–Crippen LogP) is 4.41. The van der Waals surface area contributed by atoms with E-state index in [9.17, 15) is 0 Å². The Morgan fingerprint density at radius 3 is 0.846 bits per heavy atom. The van der Waals surface area contributed by atoms with Gasteiger partial charge in [-0.05, 0) is 73.0 Å². The number of rotatable bonds is 0. The van der Waals surface area contributed by atoms with Crippen LogP contribution < -0.4 is 5.32 Å². The Hall–Kier alpha value is -0.160. The Labute approximate surface area is 167 Å². The second-order valence-electron chi connectivity index (χ2n) is 6.43. The van der Waals surface area contributed by atoms with Gasteiger partial charge in [-0.3, -0.25) is 0 Å². The molecule has 4 nitrogen and oxygen atoms in total. The lowest BCUT2D eigenvalue weighted by molar-refractivity contribution is 0.277. The van der Waals surface area contributed by atoms with E-state index >= 15 is 0 Å². The Balaban J connectivity index is -0.000000267. The van der Waals surface area contributed by atoms with Crippen molar-refractivity contribution in [3.8, 4) is 0 Å². The van der Waals surface area contributed by atoms with Gasteiger partial charge in [0, 0.05) is 26.2 Å². The molecule has 3 rings (SSSR count). The summed E-state index contributed by atoms with van der Waals surface area (Å²) in [7, 11) is 6.52. The highest BCUT2D eigenvalue weighted by Crippen LogP contribution is 2.04. The number of hydrogen-bond acceptors (Lipinski definition) is 4. The van der Waals surface area contributed by atoms with Crippen molar-refractivity contribution >= 4 is 0 Å². The van der Waals surface area contributed by atoms with Crippen LogP contribution in [0.15, 0.2) is 0 Å². The SMILES string of the molecule is CC.CC.CC.CN1CCCC1.CN1CCCCC1.CN1CCNCC1. The third kappa shape index (κ3) is 23.8. The second kappa shape index (κ2) is 27.1. The molecule has 0 bridgehead atoms. The molecule has 0 aromatic heterocycles. The molecule has 3 saturated heterocycles. The first-order valence-electron chi connectivity index (χ1n) is 11.4. The van der Waals surface area contributed by atoms with Crippen LogP contribution in [-0.2, 0) is 0 Å². The summed E-state index contributed by atoms with van der Waals surface area (Å²) >= 11 is 0. The molecule has 0 spiro atoms. The van der Waals surface area contributed by atoms with E-state index in [-0.39, 0.29) is 0 Å². The largest absolute Gasteiger partial charge is 0.314 e. The standard InChI is InChI=1S/C6H13N.C5H12N2.C5H11N.3C2H6/c1-7-5-3-2-4-6-7;1-7-4-2-6-3-5-7;1-6-4-2-3-5-6;3*1-2/h2-6H2,1H3;6H,2-5H2,1H3;2-5H2,1H3;3*1-2H3. The van der Waals surface area contributed by atoms with Crippen molar-refractivity contribution in [3.63, 3.8) is 0 Å². The van der Waals surface area contributed by atoms with E-state index in [0.29, 0.717) is 0 Å². The van der Waals surface area contributed by atoms with Crippen molar-refractivity contribution in [3.05, 3.63) is 0 Å². The molecule has 0 saturated carbocycles. The van der Waals surface area contributed by atoms with Gasteiger partial charge in [0.05, 0.1) is 0 Å². The Morgan fingerprint density at radius 2 is 0.692 bits per heavy atom. The smallest absolute Gasteiger partial charge is 0.0104 e. The van der Waals surface area contributed by atoms with Crippen molar-refractivity contribution in [2.24, 2.45) is 0 Å². The average Bonchev–Trinajstić information content (AvgIpc) is 3.20. The summed E-state index contributed by atoms with van der Waals surface area (Å²) in [5, 5.41) is 3.27. The maximum absolute atomic E-state index is 3.27. The summed E-state index contributed by atoms with van der Waals surface area (Å²) in [4.78, 5) is 7.08. The molecule has 0 radical (unpaired) electrons. The van der Waals surface area contributed by atoms with E-state index in [2.05, 4.69) is 41.2 Å². The minimum atomic E-state index is 1.16. The lowest BCUT2D eigenvalue weighted by Crippen LogP contribution is -2.40. The van der Waals surface area contributed by atoms with Gasteiger partial charge in [0.15, 0.2) is 0 Å². The number of nitrogens with one attached hydrogen (secondary N) is 1. The van der Waals surface area contributed by atoms with Crippen molar-refractivity contribution in [2.45, 2.75) is 73.6 Å². The van der Waals surface area contributed by atoms with Crippen LogP contribution in [0.1, 0.15) is 73.6 Å². The van der Waals surface area contributed by atoms with Crippen LogP contribution in [0, 0.1) is 0 Å². The zero-order valence-electron chi connectivity index (χ0n) is 20.0. The number of piperidine rings is 1. The minimum Gasteiger partial charge on any atom is -0.314 e. The number of piperazine rings is 1. The molecule has 0 aromatic carbocycles. The van der Waals surface area contributed by atoms with Gasteiger partial charge in [0.2, 0.25) is 0 Å². The van der Waals surface area contributed by atoms with Crippen LogP contribution in [0.5, 0.6) is 0 Å². The quantitative estimate of drug-likeness (QED) is 0.678. The van der Waals surface area contributed by atoms with Gasteiger partial charge in [-0.25, -0.2) is 0 Å². The van der Waals surface area contributed by atoms with Gasteiger partial charge < -0.3 is 20.0 Å². The fourth-order valence-corrected chi connectivity index (χ4v) is 2.70. The number of likely N-dealkylation sites (tertiary alicyclic amines) is 2. The molecule has 4 heteroatoms. The lowest BCUT2D eigenvalue weighted by Gasteiger charge is -2.21. The molecule has 1 N–H and O–H groups in total. The van der Waals surface area contributed by atoms with E-state index < -0.39 is 0 Å². The molecule has 0 atom stereocenters. The predicted molar refractivity (Wildman–Crippen MR) is 122 cm³/mol. The van der Waals surface area contributed by atoms with Gasteiger partial charge >= 0.3 is 0 Å². The molecule has 0 aromatic rings. The highest BCUT2D eigenvalue weighted by atomic mass is 15.2. The van der Waals surface area contributed by atoms with Gasteiger partial charge in [0.1, 0.15) is 0 Å². The highest BCUT2D eigenvalue weighted by molar-refractivity contribution is 4.62. The first kappa shape index (κ1) is 30.6. The summed E-state index contributed by atoms with van der Waals surface area (Å²) in [6, 6.07) is 0. The number of likely N-dealkylation sites (N-methyl/N-ethyl adjacent to an activating group) is 1. The molecular weight excluding hydrogens is 320 g/mol. The van der Waals surface area contributed by atoms with E-state index in [1.165, 1.54) is 71.4 Å². The summed E-state index contributed by atoms with van der Waals surface area (Å²) in [6.07, 6.45) is 7.10. The third-order valence-electron chi connectivity index (χ3n) is 4.25. The monoisotopic (exact) mass is 374 g/mol. The molecule has 162 valence electrons. The molecule has 3 fully saturated rings. The van der Waals surface area contributed by atoms with Gasteiger partial charge in [-0.2, -0.15) is 0 Å². The number of nitrogens with zero attached hydrogens (tertiary/aromatic N) is 3. The van der Waals surface area contributed by atoms with Crippen molar-refractivity contribution in [2.75, 3.05) is 73.5 Å². The number of hydrogen-bond donors (Lipinski definition) is 1. The average molecular weight is 375 g/mol. The Morgan fingerprint density at radius 1 is 0.423 bits per heavy atom. The van der Waals surface area contributed by atoms with Crippen molar-refractivity contribution < 1.29 is 0 Å². The first-order valence-corrected chi connectivity index (χ1v) is 11.4. The summed E-state index contributed by atoms with van der Waals surface area (Å²) < 4.78 is 0. The highest BCUT2D eigenvalue weighted by Gasteiger charge is 2.03. The lowest BCUT2D eigenvalue weighted by atomic mass is 10.1. The Kier molecular flexibility index (Phi) is 31.8. The van der Waals surface area contributed by atoms with Crippen LogP contribution in [0.4, 0.5) is 0 Å². The second-order valence-corrected chi connectivity index (χ2v) is 6.43. The molecule has 0 amide bonds. The molecular formula is C22H54N4. The van der Waals surface area contributed by atoms with Crippen molar-refractivity contribution in [1.29, 1.82) is 0 Å².